The van der Waals surface area contributed by atoms with Gasteiger partial charge in [-0.05, 0) is 37.3 Å². The van der Waals surface area contributed by atoms with Crippen molar-refractivity contribution in [3.8, 4) is 11.5 Å². The minimum absolute atomic E-state index is 0.205. The van der Waals surface area contributed by atoms with Crippen molar-refractivity contribution in [2.45, 2.75) is 13.5 Å². The number of carbonyl (C=O) groups excluding carboxylic acids is 1. The molecule has 0 aliphatic rings. The van der Waals surface area contributed by atoms with E-state index in [-0.39, 0.29) is 18.0 Å². The highest BCUT2D eigenvalue weighted by atomic mass is 16.3. The van der Waals surface area contributed by atoms with Crippen molar-refractivity contribution in [3.63, 3.8) is 0 Å². The van der Waals surface area contributed by atoms with Gasteiger partial charge in [0.05, 0.1) is 6.26 Å². The molecule has 116 valence electrons. The van der Waals surface area contributed by atoms with Gasteiger partial charge in [0, 0.05) is 11.8 Å². The summed E-state index contributed by atoms with van der Waals surface area (Å²) < 4.78 is 6.33. The van der Waals surface area contributed by atoms with Gasteiger partial charge in [-0.15, -0.1) is 0 Å². The van der Waals surface area contributed by atoms with Crippen molar-refractivity contribution in [2.75, 3.05) is 5.32 Å². The van der Waals surface area contributed by atoms with Crippen LogP contribution in [0, 0.1) is 6.92 Å². The van der Waals surface area contributed by atoms with Crippen LogP contribution in [0.4, 0.5) is 5.82 Å². The molecule has 7 nitrogen and oxygen atoms in total. The Morgan fingerprint density at radius 1 is 1.22 bits per heavy atom. The Balaban J connectivity index is 1.78. The Labute approximate surface area is 131 Å². The first-order valence-corrected chi connectivity index (χ1v) is 6.97. The molecule has 0 saturated carbocycles. The minimum atomic E-state index is -0.380. The second-order valence-electron chi connectivity index (χ2n) is 4.90. The van der Waals surface area contributed by atoms with Gasteiger partial charge in [0.25, 0.3) is 5.56 Å². The third kappa shape index (κ3) is 3.52. The fraction of sp³-hybridized carbons (Fsp3) is 0.125. The minimum Gasteiger partial charge on any atom is -0.463 e. The number of pyridine rings is 1. The number of anilines is 1. The van der Waals surface area contributed by atoms with E-state index in [2.05, 4.69) is 15.4 Å². The van der Waals surface area contributed by atoms with Gasteiger partial charge in [-0.25, -0.2) is 9.67 Å². The zero-order valence-corrected chi connectivity index (χ0v) is 12.4. The van der Waals surface area contributed by atoms with Crippen LogP contribution >= 0.6 is 0 Å². The molecule has 0 bridgehead atoms. The first-order valence-electron chi connectivity index (χ1n) is 6.97. The molecule has 7 heteroatoms. The van der Waals surface area contributed by atoms with E-state index >= 15 is 0 Å². The molecule has 23 heavy (non-hydrogen) atoms. The van der Waals surface area contributed by atoms with E-state index in [1.165, 1.54) is 12.3 Å². The fourth-order valence-electron chi connectivity index (χ4n) is 2.05. The summed E-state index contributed by atoms with van der Waals surface area (Å²) in [5, 5.41) is 6.78. The quantitative estimate of drug-likeness (QED) is 0.794. The highest BCUT2D eigenvalue weighted by Crippen LogP contribution is 2.15. The van der Waals surface area contributed by atoms with E-state index in [0.717, 1.165) is 10.4 Å². The molecule has 0 aromatic carbocycles. The maximum Gasteiger partial charge on any atom is 0.267 e. The smallest absolute Gasteiger partial charge is 0.267 e. The molecule has 3 rings (SSSR count). The standard InChI is InChI=1S/C16H14N4O3/c1-11-4-2-6-14(17-11)18-15(21)10-20-16(22)8-7-12(19-20)13-5-3-9-23-13/h2-9H,10H2,1H3,(H,17,18,21). The first-order chi connectivity index (χ1) is 11.1. The zero-order chi connectivity index (χ0) is 16.2. The molecule has 0 unspecified atom stereocenters. The van der Waals surface area contributed by atoms with Crippen molar-refractivity contribution >= 4 is 11.7 Å². The van der Waals surface area contributed by atoms with Gasteiger partial charge in [-0.1, -0.05) is 6.07 Å². The van der Waals surface area contributed by atoms with Gasteiger partial charge in [0.2, 0.25) is 5.91 Å². The Morgan fingerprint density at radius 2 is 2.09 bits per heavy atom. The van der Waals surface area contributed by atoms with Crippen LogP contribution in [-0.2, 0) is 11.3 Å². The average Bonchev–Trinajstić information content (AvgIpc) is 3.04. The molecule has 3 aromatic rings. The molecule has 0 spiro atoms. The number of carbonyl (C=O) groups is 1. The molecular formula is C16H14N4O3. The highest BCUT2D eigenvalue weighted by molar-refractivity contribution is 5.89. The van der Waals surface area contributed by atoms with Crippen LogP contribution in [-0.4, -0.2) is 20.7 Å². The Hall–Kier alpha value is -3.22. The van der Waals surface area contributed by atoms with Gasteiger partial charge in [0.15, 0.2) is 5.76 Å². The van der Waals surface area contributed by atoms with Crippen LogP contribution in [0.5, 0.6) is 0 Å². The molecule has 0 fully saturated rings. The molecule has 1 amide bonds. The van der Waals surface area contributed by atoms with Crippen molar-refractivity contribution in [2.24, 2.45) is 0 Å². The second kappa shape index (κ2) is 6.27. The molecule has 3 aromatic heterocycles. The summed E-state index contributed by atoms with van der Waals surface area (Å²) in [5.41, 5.74) is 0.904. The van der Waals surface area contributed by atoms with Crippen molar-refractivity contribution in [1.29, 1.82) is 0 Å². The summed E-state index contributed by atoms with van der Waals surface area (Å²) in [6.45, 7) is 1.62. The molecule has 0 radical (unpaired) electrons. The Bertz CT molecular complexity index is 884. The number of nitrogens with zero attached hydrogens (tertiary/aromatic N) is 3. The van der Waals surface area contributed by atoms with E-state index < -0.39 is 0 Å². The predicted octanol–water partition coefficient (Wildman–Crippen LogP) is 1.85. The molecule has 1 N–H and O–H groups in total. The summed E-state index contributed by atoms with van der Waals surface area (Å²) in [6.07, 6.45) is 1.52. The van der Waals surface area contributed by atoms with E-state index in [4.69, 9.17) is 4.42 Å². The van der Waals surface area contributed by atoms with Crippen LogP contribution in [0.1, 0.15) is 5.69 Å². The summed E-state index contributed by atoms with van der Waals surface area (Å²) in [5.74, 6) is 0.582. The topological polar surface area (TPSA) is 90.0 Å². The molecule has 3 heterocycles. The van der Waals surface area contributed by atoms with E-state index in [1.54, 1.807) is 30.3 Å². The van der Waals surface area contributed by atoms with Gasteiger partial charge in [0.1, 0.15) is 18.1 Å². The van der Waals surface area contributed by atoms with Gasteiger partial charge in [-0.2, -0.15) is 5.10 Å². The average molecular weight is 310 g/mol. The molecule has 0 atom stereocenters. The molecule has 0 aliphatic heterocycles. The molecule has 0 aliphatic carbocycles. The second-order valence-corrected chi connectivity index (χ2v) is 4.90. The summed E-state index contributed by atoms with van der Waals surface area (Å²) in [6, 6.07) is 11.7. The third-order valence-corrected chi connectivity index (χ3v) is 3.09. The SMILES string of the molecule is Cc1cccc(NC(=O)Cn2nc(-c3ccco3)ccc2=O)n1. The molecule has 0 saturated heterocycles. The van der Waals surface area contributed by atoms with Crippen molar-refractivity contribution in [1.82, 2.24) is 14.8 Å². The van der Waals surface area contributed by atoms with Gasteiger partial charge >= 0.3 is 0 Å². The first kappa shape index (κ1) is 14.7. The van der Waals surface area contributed by atoms with Crippen LogP contribution < -0.4 is 10.9 Å². The summed E-state index contributed by atoms with van der Waals surface area (Å²) in [4.78, 5) is 28.1. The van der Waals surface area contributed by atoms with Crippen molar-refractivity contribution < 1.29 is 9.21 Å². The largest absolute Gasteiger partial charge is 0.463 e. The molecular weight excluding hydrogens is 296 g/mol. The monoisotopic (exact) mass is 310 g/mol. The van der Waals surface area contributed by atoms with Crippen LogP contribution in [0.3, 0.4) is 0 Å². The maximum absolute atomic E-state index is 12.1. The fourth-order valence-corrected chi connectivity index (χ4v) is 2.05. The number of aromatic nitrogens is 3. The van der Waals surface area contributed by atoms with E-state index in [0.29, 0.717) is 17.3 Å². The number of rotatable bonds is 4. The van der Waals surface area contributed by atoms with Gasteiger partial charge in [-0.3, -0.25) is 9.59 Å². The maximum atomic E-state index is 12.1. The normalized spacial score (nSPS) is 10.5. The lowest BCUT2D eigenvalue weighted by atomic mass is 10.3. The number of aryl methyl sites for hydroxylation is 1. The summed E-state index contributed by atoms with van der Waals surface area (Å²) >= 11 is 0. The lowest BCUT2D eigenvalue weighted by Gasteiger charge is -2.07. The van der Waals surface area contributed by atoms with E-state index in [1.807, 2.05) is 13.0 Å². The van der Waals surface area contributed by atoms with Gasteiger partial charge < -0.3 is 9.73 Å². The van der Waals surface area contributed by atoms with E-state index in [9.17, 15) is 9.59 Å². The third-order valence-electron chi connectivity index (χ3n) is 3.09. The number of furan rings is 1. The van der Waals surface area contributed by atoms with Crippen LogP contribution in [0.15, 0.2) is 57.9 Å². The Kier molecular flexibility index (Phi) is 4.01. The lowest BCUT2D eigenvalue weighted by Crippen LogP contribution is -2.29. The summed E-state index contributed by atoms with van der Waals surface area (Å²) in [7, 11) is 0. The number of amides is 1. The lowest BCUT2D eigenvalue weighted by molar-refractivity contribution is -0.117. The zero-order valence-electron chi connectivity index (χ0n) is 12.4. The van der Waals surface area contributed by atoms with Crippen LogP contribution in [0.25, 0.3) is 11.5 Å². The predicted molar refractivity (Wildman–Crippen MR) is 83.8 cm³/mol. The number of hydrogen-bond donors (Lipinski definition) is 1. The Morgan fingerprint density at radius 3 is 2.83 bits per heavy atom. The van der Waals surface area contributed by atoms with Crippen LogP contribution in [0.2, 0.25) is 0 Å². The number of hydrogen-bond acceptors (Lipinski definition) is 5. The highest BCUT2D eigenvalue weighted by Gasteiger charge is 2.10. The number of nitrogens with one attached hydrogen (secondary N) is 1. The van der Waals surface area contributed by atoms with Crippen molar-refractivity contribution in [3.05, 3.63) is 64.8 Å².